The van der Waals surface area contributed by atoms with Gasteiger partial charge in [0.25, 0.3) is 0 Å². The maximum Gasteiger partial charge on any atom is 0.514 e. The zero-order valence-corrected chi connectivity index (χ0v) is 22.9. The summed E-state index contributed by atoms with van der Waals surface area (Å²) in [5.41, 5.74) is 0. The van der Waals surface area contributed by atoms with E-state index in [0.717, 1.165) is 25.2 Å². The molecular formula is C22H50O3SSi2. The average Bonchev–Trinajstić information content (AvgIpc) is 2.63. The SMILES string of the molecule is CCCCCCCCCCO[Si](OCC)(OCC)C(CC[Si](C)(C)C)SCC. The van der Waals surface area contributed by atoms with Gasteiger partial charge in [0.2, 0.25) is 0 Å². The number of hydrogen-bond donors (Lipinski definition) is 0. The molecule has 3 nitrogen and oxygen atoms in total. The van der Waals surface area contributed by atoms with E-state index in [2.05, 4.69) is 47.3 Å². The van der Waals surface area contributed by atoms with Gasteiger partial charge in [-0.2, -0.15) is 11.8 Å². The number of unbranched alkanes of at least 4 members (excludes halogenated alkanes) is 7. The molecule has 1 unspecified atom stereocenters. The summed E-state index contributed by atoms with van der Waals surface area (Å²) < 4.78 is 19.1. The number of hydrogen-bond acceptors (Lipinski definition) is 4. The molecule has 28 heavy (non-hydrogen) atoms. The van der Waals surface area contributed by atoms with Crippen LogP contribution in [-0.4, -0.2) is 47.3 Å². The highest BCUT2D eigenvalue weighted by molar-refractivity contribution is 8.01. The van der Waals surface area contributed by atoms with E-state index >= 15 is 0 Å². The second-order valence-electron chi connectivity index (χ2n) is 8.84. The fraction of sp³-hybridized carbons (Fsp3) is 1.00. The molecule has 0 aromatic carbocycles. The van der Waals surface area contributed by atoms with Gasteiger partial charge in [0.15, 0.2) is 0 Å². The molecule has 1 atom stereocenters. The Hall–Kier alpha value is 0.664. The van der Waals surface area contributed by atoms with Crippen LogP contribution in [0.15, 0.2) is 0 Å². The van der Waals surface area contributed by atoms with Crippen LogP contribution in [0.5, 0.6) is 0 Å². The second-order valence-corrected chi connectivity index (χ2v) is 19.1. The van der Waals surface area contributed by atoms with Crippen molar-refractivity contribution in [2.75, 3.05) is 25.6 Å². The fourth-order valence-electron chi connectivity index (χ4n) is 3.38. The molecule has 0 spiro atoms. The predicted octanol–water partition coefficient (Wildman–Crippen LogP) is 7.54. The Morgan fingerprint density at radius 2 is 1.25 bits per heavy atom. The van der Waals surface area contributed by atoms with E-state index in [0.29, 0.717) is 18.1 Å². The molecular weight excluding hydrogens is 400 g/mol. The predicted molar refractivity (Wildman–Crippen MR) is 132 cm³/mol. The third-order valence-corrected chi connectivity index (χ3v) is 12.1. The van der Waals surface area contributed by atoms with E-state index in [9.17, 15) is 0 Å². The largest absolute Gasteiger partial charge is 0.514 e. The molecule has 0 N–H and O–H groups in total. The van der Waals surface area contributed by atoms with Gasteiger partial charge in [-0.3, -0.25) is 0 Å². The molecule has 0 saturated heterocycles. The van der Waals surface area contributed by atoms with Gasteiger partial charge in [-0.05, 0) is 32.4 Å². The quantitative estimate of drug-likeness (QED) is 0.141. The van der Waals surface area contributed by atoms with E-state index in [4.69, 9.17) is 13.3 Å². The Labute approximate surface area is 183 Å². The molecule has 0 aromatic heterocycles. The van der Waals surface area contributed by atoms with E-state index in [1.54, 1.807) is 0 Å². The van der Waals surface area contributed by atoms with Crippen molar-refractivity contribution in [1.29, 1.82) is 0 Å². The minimum atomic E-state index is -2.65. The molecule has 0 aliphatic rings. The summed E-state index contributed by atoms with van der Waals surface area (Å²) in [4.78, 5) is 0.373. The van der Waals surface area contributed by atoms with Crippen molar-refractivity contribution in [2.45, 2.75) is 116 Å². The summed E-state index contributed by atoms with van der Waals surface area (Å²) in [7, 11) is -3.74. The van der Waals surface area contributed by atoms with Gasteiger partial charge < -0.3 is 13.3 Å². The molecule has 0 aromatic rings. The van der Waals surface area contributed by atoms with E-state index in [1.807, 2.05) is 11.8 Å². The molecule has 0 amide bonds. The molecule has 0 aliphatic heterocycles. The zero-order valence-electron chi connectivity index (χ0n) is 20.1. The lowest BCUT2D eigenvalue weighted by Gasteiger charge is -2.36. The van der Waals surface area contributed by atoms with Crippen molar-refractivity contribution in [1.82, 2.24) is 0 Å². The number of rotatable bonds is 20. The fourth-order valence-corrected chi connectivity index (χ4v) is 10.2. The van der Waals surface area contributed by atoms with Crippen LogP contribution in [-0.2, 0) is 13.3 Å². The topological polar surface area (TPSA) is 27.7 Å². The van der Waals surface area contributed by atoms with Gasteiger partial charge in [0, 0.05) is 27.9 Å². The lowest BCUT2D eigenvalue weighted by Crippen LogP contribution is -2.56. The zero-order chi connectivity index (χ0) is 21.3. The monoisotopic (exact) mass is 450 g/mol. The van der Waals surface area contributed by atoms with Crippen molar-refractivity contribution < 1.29 is 13.3 Å². The smallest absolute Gasteiger partial charge is 0.373 e. The molecule has 0 bridgehead atoms. The first-order chi connectivity index (χ1) is 13.3. The standard InChI is InChI=1S/C22H50O3SSi2/c1-8-12-13-14-15-16-17-18-20-25-28(23-9-2,24-10-3)22(26-11-4)19-21-27(5,6)7/h22H,8-21H2,1-7H3. The Bertz CT molecular complexity index is 345. The summed E-state index contributed by atoms with van der Waals surface area (Å²) >= 11 is 1.99. The molecule has 0 radical (unpaired) electrons. The Balaban J connectivity index is 4.68. The molecule has 0 heterocycles. The summed E-state index contributed by atoms with van der Waals surface area (Å²) in [5, 5.41) is 0. The van der Waals surface area contributed by atoms with E-state index < -0.39 is 16.9 Å². The average molecular weight is 451 g/mol. The molecule has 0 fully saturated rings. The maximum atomic E-state index is 6.52. The van der Waals surface area contributed by atoms with Gasteiger partial charge in [0.1, 0.15) is 0 Å². The second kappa shape index (κ2) is 17.4. The van der Waals surface area contributed by atoms with Gasteiger partial charge >= 0.3 is 8.80 Å². The molecule has 0 rings (SSSR count). The summed E-state index contributed by atoms with van der Waals surface area (Å²) in [6, 6.07) is 1.31. The third-order valence-electron chi connectivity index (χ3n) is 4.91. The normalized spacial score (nSPS) is 13.8. The first-order valence-electron chi connectivity index (χ1n) is 11.9. The van der Waals surface area contributed by atoms with Crippen LogP contribution in [0.3, 0.4) is 0 Å². The highest BCUT2D eigenvalue weighted by Crippen LogP contribution is 2.32. The van der Waals surface area contributed by atoms with E-state index in [-0.39, 0.29) is 0 Å². The Morgan fingerprint density at radius 3 is 1.71 bits per heavy atom. The van der Waals surface area contributed by atoms with Crippen molar-refractivity contribution in [3.8, 4) is 0 Å². The molecule has 0 saturated carbocycles. The van der Waals surface area contributed by atoms with Gasteiger partial charge in [-0.25, -0.2) is 0 Å². The van der Waals surface area contributed by atoms with Crippen molar-refractivity contribution in [3.63, 3.8) is 0 Å². The van der Waals surface area contributed by atoms with Gasteiger partial charge in [0.05, 0.1) is 4.87 Å². The van der Waals surface area contributed by atoms with Crippen molar-refractivity contribution in [2.24, 2.45) is 0 Å². The van der Waals surface area contributed by atoms with Crippen LogP contribution >= 0.6 is 11.8 Å². The van der Waals surface area contributed by atoms with Crippen LogP contribution in [0.25, 0.3) is 0 Å². The first kappa shape index (κ1) is 28.7. The van der Waals surface area contributed by atoms with Crippen LogP contribution in [0.2, 0.25) is 25.7 Å². The van der Waals surface area contributed by atoms with Crippen molar-refractivity contribution >= 4 is 28.6 Å². The highest BCUT2D eigenvalue weighted by atomic mass is 32.2. The summed E-state index contributed by atoms with van der Waals surface area (Å²) in [5.74, 6) is 1.09. The summed E-state index contributed by atoms with van der Waals surface area (Å²) in [6.45, 7) is 18.2. The van der Waals surface area contributed by atoms with Gasteiger partial charge in [-0.15, -0.1) is 0 Å². The van der Waals surface area contributed by atoms with Crippen molar-refractivity contribution in [3.05, 3.63) is 0 Å². The summed E-state index contributed by atoms with van der Waals surface area (Å²) in [6.07, 6.45) is 11.7. The minimum Gasteiger partial charge on any atom is -0.373 e. The third kappa shape index (κ3) is 13.8. The molecule has 0 aliphatic carbocycles. The molecule has 6 heteroatoms. The minimum absolute atomic E-state index is 0.373. The maximum absolute atomic E-state index is 6.52. The highest BCUT2D eigenvalue weighted by Gasteiger charge is 2.49. The Kier molecular flexibility index (Phi) is 17.8. The van der Waals surface area contributed by atoms with Crippen LogP contribution in [0, 0.1) is 0 Å². The lowest BCUT2D eigenvalue weighted by atomic mass is 10.1. The first-order valence-corrected chi connectivity index (χ1v) is 18.4. The van der Waals surface area contributed by atoms with Crippen LogP contribution in [0.4, 0.5) is 0 Å². The van der Waals surface area contributed by atoms with Gasteiger partial charge in [-0.1, -0.05) is 84.5 Å². The van der Waals surface area contributed by atoms with Crippen LogP contribution in [0.1, 0.15) is 85.5 Å². The number of thioether (sulfide) groups is 1. The molecule has 170 valence electrons. The Morgan fingerprint density at radius 1 is 0.714 bits per heavy atom. The van der Waals surface area contributed by atoms with E-state index in [1.165, 1.54) is 51.0 Å². The lowest BCUT2D eigenvalue weighted by molar-refractivity contribution is 0.0636. The van der Waals surface area contributed by atoms with Crippen LogP contribution < -0.4 is 0 Å².